The van der Waals surface area contributed by atoms with Gasteiger partial charge in [-0.25, -0.2) is 4.39 Å². The molecule has 5 aromatic rings. The van der Waals surface area contributed by atoms with Crippen molar-refractivity contribution >= 4 is 22.5 Å². The van der Waals surface area contributed by atoms with E-state index in [1.54, 1.807) is 12.1 Å². The van der Waals surface area contributed by atoms with Crippen LogP contribution in [0.3, 0.4) is 0 Å². The molecular weight excluding hydrogens is 449 g/mol. The number of anilines is 1. The van der Waals surface area contributed by atoms with Crippen LogP contribution in [0.2, 0.25) is 0 Å². The number of aromatic nitrogens is 2. The molecule has 0 unspecified atom stereocenters. The number of hydrogen-bond acceptors (Lipinski definition) is 2. The Balaban J connectivity index is 1.26. The third-order valence-corrected chi connectivity index (χ3v) is 7.75. The van der Waals surface area contributed by atoms with E-state index < -0.39 is 5.41 Å². The number of nitrogens with zero attached hydrogens (tertiary/aromatic N) is 3. The maximum atomic E-state index is 14.4. The first kappa shape index (κ1) is 21.1. The molecule has 2 atom stereocenters. The predicted molar refractivity (Wildman–Crippen MR) is 138 cm³/mol. The summed E-state index contributed by atoms with van der Waals surface area (Å²) in [5, 5.41) is 5.68. The Morgan fingerprint density at radius 3 is 2.33 bits per heavy atom. The molecule has 1 amide bonds. The van der Waals surface area contributed by atoms with E-state index in [2.05, 4.69) is 35.4 Å². The Labute approximate surface area is 208 Å². The van der Waals surface area contributed by atoms with Gasteiger partial charge in [-0.1, -0.05) is 72.8 Å². The fourth-order valence-electron chi connectivity index (χ4n) is 5.88. The Morgan fingerprint density at radius 2 is 1.58 bits per heavy atom. The van der Waals surface area contributed by atoms with Crippen molar-refractivity contribution in [1.82, 2.24) is 9.78 Å². The summed E-state index contributed by atoms with van der Waals surface area (Å²) in [4.78, 5) is 15.8. The van der Waals surface area contributed by atoms with Gasteiger partial charge in [-0.15, -0.1) is 0 Å². The molecular formula is C31H24FN3O. The molecule has 5 heteroatoms. The van der Waals surface area contributed by atoms with Gasteiger partial charge in [-0.05, 0) is 52.9 Å². The van der Waals surface area contributed by atoms with Crippen molar-refractivity contribution < 1.29 is 9.18 Å². The van der Waals surface area contributed by atoms with Crippen LogP contribution < -0.4 is 4.90 Å². The summed E-state index contributed by atoms with van der Waals surface area (Å²) in [7, 11) is 0. The summed E-state index contributed by atoms with van der Waals surface area (Å²) in [5.41, 5.74) is 5.31. The van der Waals surface area contributed by atoms with Crippen molar-refractivity contribution in [2.45, 2.75) is 30.8 Å². The van der Waals surface area contributed by atoms with Crippen molar-refractivity contribution in [3.05, 3.63) is 131 Å². The average molecular weight is 474 g/mol. The molecule has 0 N–H and O–H groups in total. The second-order valence-corrected chi connectivity index (χ2v) is 9.87. The van der Waals surface area contributed by atoms with E-state index in [-0.39, 0.29) is 17.6 Å². The Hall–Kier alpha value is -4.25. The van der Waals surface area contributed by atoms with E-state index in [0.717, 1.165) is 33.3 Å². The number of hydrogen-bond donors (Lipinski definition) is 0. The molecule has 0 bridgehead atoms. The van der Waals surface area contributed by atoms with E-state index >= 15 is 0 Å². The molecule has 2 aliphatic rings. The van der Waals surface area contributed by atoms with Crippen molar-refractivity contribution in [3.8, 4) is 0 Å². The summed E-state index contributed by atoms with van der Waals surface area (Å²) in [6.45, 7) is 1.16. The molecule has 4 aromatic carbocycles. The average Bonchev–Trinajstić information content (AvgIpc) is 3.49. The first-order valence-corrected chi connectivity index (χ1v) is 12.3. The van der Waals surface area contributed by atoms with Gasteiger partial charge in [-0.2, -0.15) is 5.10 Å². The van der Waals surface area contributed by atoms with E-state index in [1.165, 1.54) is 11.6 Å². The zero-order valence-corrected chi connectivity index (χ0v) is 19.6. The summed E-state index contributed by atoms with van der Waals surface area (Å²) in [5.74, 6) is -0.227. The van der Waals surface area contributed by atoms with Crippen LogP contribution in [0.25, 0.3) is 10.9 Å². The van der Waals surface area contributed by atoms with Gasteiger partial charge in [0.25, 0.3) is 0 Å². The third-order valence-electron chi connectivity index (χ3n) is 7.75. The monoisotopic (exact) mass is 473 g/mol. The van der Waals surface area contributed by atoms with Crippen LogP contribution in [0.15, 0.2) is 103 Å². The lowest BCUT2D eigenvalue weighted by atomic mass is 9.91. The molecule has 4 nitrogen and oxygen atoms in total. The Morgan fingerprint density at radius 1 is 0.861 bits per heavy atom. The van der Waals surface area contributed by atoms with Crippen LogP contribution in [0.5, 0.6) is 0 Å². The molecule has 1 fully saturated rings. The lowest BCUT2D eigenvalue weighted by Crippen LogP contribution is -2.32. The van der Waals surface area contributed by atoms with Gasteiger partial charge in [0.1, 0.15) is 5.82 Å². The van der Waals surface area contributed by atoms with Gasteiger partial charge in [0, 0.05) is 17.0 Å². The second-order valence-electron chi connectivity index (χ2n) is 9.87. The fraction of sp³-hybridized carbons (Fsp3) is 0.161. The van der Waals surface area contributed by atoms with Gasteiger partial charge in [-0.3, -0.25) is 9.48 Å². The lowest BCUT2D eigenvalue weighted by Gasteiger charge is -2.18. The molecule has 1 spiro atoms. The largest absolute Gasteiger partial charge is 0.307 e. The van der Waals surface area contributed by atoms with Crippen LogP contribution in [0.1, 0.15) is 34.6 Å². The minimum absolute atomic E-state index is 0.01000. The summed E-state index contributed by atoms with van der Waals surface area (Å²) in [6.07, 6.45) is 2.57. The number of benzene rings is 4. The molecule has 7 rings (SSSR count). The van der Waals surface area contributed by atoms with Crippen molar-refractivity contribution in [2.24, 2.45) is 0 Å². The minimum Gasteiger partial charge on any atom is -0.307 e. The highest BCUT2D eigenvalue weighted by atomic mass is 19.1. The van der Waals surface area contributed by atoms with Crippen LogP contribution in [0.4, 0.5) is 10.1 Å². The Bertz CT molecular complexity index is 1610. The quantitative estimate of drug-likeness (QED) is 0.305. The molecule has 2 heterocycles. The van der Waals surface area contributed by atoms with Gasteiger partial charge in [0.2, 0.25) is 5.91 Å². The van der Waals surface area contributed by atoms with Gasteiger partial charge in [0.15, 0.2) is 0 Å². The Kier molecular flexibility index (Phi) is 4.61. The van der Waals surface area contributed by atoms with Gasteiger partial charge < -0.3 is 4.90 Å². The number of carbonyl (C=O) groups excluding carboxylic acids is 1. The summed E-state index contributed by atoms with van der Waals surface area (Å²) in [6, 6.07) is 31.3. The first-order chi connectivity index (χ1) is 17.6. The minimum atomic E-state index is -0.704. The maximum absolute atomic E-state index is 14.4. The molecule has 176 valence electrons. The highest BCUT2D eigenvalue weighted by Gasteiger charge is 2.67. The number of fused-ring (bicyclic) bond motifs is 3. The zero-order chi connectivity index (χ0) is 24.3. The SMILES string of the molecule is O=C1N(Cc2ccccc2)c2ccc(F)cc2[C@]12C[C@H]2c1ccc2cnn(Cc3ccccc3)c2c1. The third kappa shape index (κ3) is 3.19. The number of rotatable bonds is 5. The molecule has 0 radical (unpaired) electrons. The van der Waals surface area contributed by atoms with E-state index in [1.807, 2.05) is 64.3 Å². The molecule has 36 heavy (non-hydrogen) atoms. The maximum Gasteiger partial charge on any atom is 0.238 e. The smallest absolute Gasteiger partial charge is 0.238 e. The molecule has 0 saturated heterocycles. The summed E-state index contributed by atoms with van der Waals surface area (Å²) >= 11 is 0. The second kappa shape index (κ2) is 7.89. The molecule has 1 aliphatic carbocycles. The van der Waals surface area contributed by atoms with Crippen LogP contribution in [0, 0.1) is 5.82 Å². The lowest BCUT2D eigenvalue weighted by molar-refractivity contribution is -0.120. The van der Waals surface area contributed by atoms with Gasteiger partial charge in [0.05, 0.1) is 30.2 Å². The van der Waals surface area contributed by atoms with Crippen molar-refractivity contribution in [2.75, 3.05) is 4.90 Å². The number of halogens is 1. The van der Waals surface area contributed by atoms with Gasteiger partial charge >= 0.3 is 0 Å². The first-order valence-electron chi connectivity index (χ1n) is 12.3. The number of amides is 1. The topological polar surface area (TPSA) is 38.1 Å². The predicted octanol–water partition coefficient (Wildman–Crippen LogP) is 6.20. The normalized spacial score (nSPS) is 20.3. The number of carbonyl (C=O) groups is 1. The van der Waals surface area contributed by atoms with Crippen molar-refractivity contribution in [3.63, 3.8) is 0 Å². The highest BCUT2D eigenvalue weighted by molar-refractivity contribution is 6.11. The van der Waals surface area contributed by atoms with Crippen LogP contribution in [-0.2, 0) is 23.3 Å². The van der Waals surface area contributed by atoms with Crippen molar-refractivity contribution in [1.29, 1.82) is 0 Å². The standard InChI is InChI=1S/C31H24FN3O/c32-25-13-14-28-26(16-25)31(30(36)34(28)19-21-7-3-1-4-8-21)17-27(31)23-11-12-24-18-33-35(29(24)15-23)20-22-9-5-2-6-10-22/h1-16,18,27H,17,19-20H2/t27-,31-/m0/s1. The zero-order valence-electron chi connectivity index (χ0n) is 19.6. The fourth-order valence-corrected chi connectivity index (χ4v) is 5.88. The molecule has 1 saturated carbocycles. The van der Waals surface area contributed by atoms with Crippen LogP contribution >= 0.6 is 0 Å². The molecule has 1 aliphatic heterocycles. The van der Waals surface area contributed by atoms with E-state index in [0.29, 0.717) is 19.5 Å². The van der Waals surface area contributed by atoms with Crippen LogP contribution in [-0.4, -0.2) is 15.7 Å². The highest BCUT2D eigenvalue weighted by Crippen LogP contribution is 2.66. The van der Waals surface area contributed by atoms with E-state index in [9.17, 15) is 9.18 Å². The summed E-state index contributed by atoms with van der Waals surface area (Å²) < 4.78 is 16.4. The molecule has 1 aromatic heterocycles. The van der Waals surface area contributed by atoms with E-state index in [4.69, 9.17) is 0 Å².